The second-order valence-corrected chi connectivity index (χ2v) is 5.07. The zero-order valence-corrected chi connectivity index (χ0v) is 10.5. The summed E-state index contributed by atoms with van der Waals surface area (Å²) in [5.41, 5.74) is 0. The predicted molar refractivity (Wildman–Crippen MR) is 66.1 cm³/mol. The largest absolute Gasteiger partial charge is 0.368 e. The number of ether oxygens (including phenoxy) is 1. The van der Waals surface area contributed by atoms with Crippen LogP contribution < -0.4 is 0 Å². The zero-order valence-electron chi connectivity index (χ0n) is 10.5. The van der Waals surface area contributed by atoms with Crippen LogP contribution in [0, 0.1) is 0 Å². The number of hydrogen-bond donors (Lipinski definition) is 0. The van der Waals surface area contributed by atoms with Gasteiger partial charge < -0.3 is 9.64 Å². The third-order valence-corrected chi connectivity index (χ3v) is 3.81. The van der Waals surface area contributed by atoms with Gasteiger partial charge in [0.15, 0.2) is 0 Å². The van der Waals surface area contributed by atoms with Gasteiger partial charge in [0.05, 0.1) is 6.04 Å². The lowest BCUT2D eigenvalue weighted by Gasteiger charge is -2.34. The van der Waals surface area contributed by atoms with Gasteiger partial charge in [-0.3, -0.25) is 9.48 Å². The lowest BCUT2D eigenvalue weighted by Crippen LogP contribution is -2.45. The summed E-state index contributed by atoms with van der Waals surface area (Å²) in [6.07, 6.45) is 7.60. The molecule has 0 radical (unpaired) electrons. The summed E-state index contributed by atoms with van der Waals surface area (Å²) in [7, 11) is 0. The molecule has 0 spiro atoms. The molecule has 1 amide bonds. The molecule has 1 aromatic rings. The Morgan fingerprint density at radius 1 is 1.33 bits per heavy atom. The molecular formula is C13H19N3O2. The van der Waals surface area contributed by atoms with Crippen LogP contribution in [0.5, 0.6) is 0 Å². The normalized spacial score (nSPS) is 28.6. The number of piperidine rings is 1. The minimum Gasteiger partial charge on any atom is -0.368 e. The van der Waals surface area contributed by atoms with Crippen molar-refractivity contribution in [2.75, 3.05) is 19.7 Å². The van der Waals surface area contributed by atoms with Gasteiger partial charge in [-0.15, -0.1) is 0 Å². The highest BCUT2D eigenvalue weighted by atomic mass is 16.5. The van der Waals surface area contributed by atoms with Crippen molar-refractivity contribution >= 4 is 5.91 Å². The molecule has 0 saturated carbocycles. The van der Waals surface area contributed by atoms with Crippen LogP contribution in [0.2, 0.25) is 0 Å². The highest BCUT2D eigenvalue weighted by molar-refractivity contribution is 5.81. The van der Waals surface area contributed by atoms with Gasteiger partial charge in [0.25, 0.3) is 5.91 Å². The van der Waals surface area contributed by atoms with Crippen LogP contribution in [0.1, 0.15) is 31.7 Å². The quantitative estimate of drug-likeness (QED) is 0.792. The average molecular weight is 249 g/mol. The van der Waals surface area contributed by atoms with Gasteiger partial charge in [-0.25, -0.2) is 0 Å². The Morgan fingerprint density at radius 2 is 2.28 bits per heavy atom. The summed E-state index contributed by atoms with van der Waals surface area (Å²) in [5, 5.41) is 4.28. The van der Waals surface area contributed by atoms with Crippen LogP contribution in [0.4, 0.5) is 0 Å². The lowest BCUT2D eigenvalue weighted by molar-refractivity contribution is -0.142. The van der Waals surface area contributed by atoms with Gasteiger partial charge in [0.1, 0.15) is 6.10 Å². The fourth-order valence-electron chi connectivity index (χ4n) is 2.84. The van der Waals surface area contributed by atoms with Crippen molar-refractivity contribution in [1.82, 2.24) is 14.7 Å². The van der Waals surface area contributed by atoms with Crippen molar-refractivity contribution in [3.05, 3.63) is 18.5 Å². The maximum atomic E-state index is 12.3. The van der Waals surface area contributed by atoms with E-state index in [1.54, 1.807) is 6.20 Å². The SMILES string of the molecule is O=C(C1CCCO1)N1CCCC(n2cccn2)C1. The van der Waals surface area contributed by atoms with E-state index in [9.17, 15) is 4.79 Å². The number of rotatable bonds is 2. The predicted octanol–water partition coefficient (Wildman–Crippen LogP) is 1.23. The van der Waals surface area contributed by atoms with Gasteiger partial charge in [-0.05, 0) is 31.7 Å². The van der Waals surface area contributed by atoms with Crippen LogP contribution in [0.3, 0.4) is 0 Å². The highest BCUT2D eigenvalue weighted by Crippen LogP contribution is 2.23. The maximum absolute atomic E-state index is 12.3. The Hall–Kier alpha value is -1.36. The summed E-state index contributed by atoms with van der Waals surface area (Å²) < 4.78 is 7.45. The van der Waals surface area contributed by atoms with Gasteiger partial charge in [0, 0.05) is 32.1 Å². The van der Waals surface area contributed by atoms with E-state index in [-0.39, 0.29) is 12.0 Å². The molecule has 3 heterocycles. The Bertz CT molecular complexity index is 398. The second-order valence-electron chi connectivity index (χ2n) is 5.07. The van der Waals surface area contributed by atoms with Crippen molar-refractivity contribution in [1.29, 1.82) is 0 Å². The molecule has 2 aliphatic rings. The first kappa shape index (κ1) is 11.7. The fraction of sp³-hybridized carbons (Fsp3) is 0.692. The molecule has 0 bridgehead atoms. The van der Waals surface area contributed by atoms with E-state index < -0.39 is 0 Å². The molecule has 3 rings (SSSR count). The summed E-state index contributed by atoms with van der Waals surface area (Å²) in [6, 6.07) is 2.25. The van der Waals surface area contributed by atoms with Crippen LogP contribution in [0.15, 0.2) is 18.5 Å². The average Bonchev–Trinajstić information content (AvgIpc) is 3.11. The van der Waals surface area contributed by atoms with Crippen LogP contribution >= 0.6 is 0 Å². The Labute approximate surface area is 107 Å². The third-order valence-electron chi connectivity index (χ3n) is 3.81. The van der Waals surface area contributed by atoms with E-state index in [1.165, 1.54) is 0 Å². The topological polar surface area (TPSA) is 47.4 Å². The molecule has 0 N–H and O–H groups in total. The van der Waals surface area contributed by atoms with Gasteiger partial charge in [-0.2, -0.15) is 5.10 Å². The summed E-state index contributed by atoms with van der Waals surface area (Å²) in [6.45, 7) is 2.35. The zero-order chi connectivity index (χ0) is 12.4. The number of hydrogen-bond acceptors (Lipinski definition) is 3. The van der Waals surface area contributed by atoms with E-state index in [2.05, 4.69) is 5.10 Å². The number of amides is 1. The molecule has 2 fully saturated rings. The molecule has 2 unspecified atom stereocenters. The van der Waals surface area contributed by atoms with Gasteiger partial charge >= 0.3 is 0 Å². The van der Waals surface area contributed by atoms with Gasteiger partial charge in [0.2, 0.25) is 0 Å². The second kappa shape index (κ2) is 5.10. The summed E-state index contributed by atoms with van der Waals surface area (Å²) in [4.78, 5) is 14.2. The fourth-order valence-corrected chi connectivity index (χ4v) is 2.84. The van der Waals surface area contributed by atoms with Crippen molar-refractivity contribution in [3.8, 4) is 0 Å². The standard InChI is InChI=1S/C13H19N3O2/c17-13(12-5-2-9-18-12)15-7-1-4-11(10-15)16-8-3-6-14-16/h3,6,8,11-12H,1-2,4-5,7,9-10H2. The molecule has 2 atom stereocenters. The molecule has 5 nitrogen and oxygen atoms in total. The Morgan fingerprint density at radius 3 is 3.00 bits per heavy atom. The number of carbonyl (C=O) groups excluding carboxylic acids is 1. The number of nitrogens with zero attached hydrogens (tertiary/aromatic N) is 3. The van der Waals surface area contributed by atoms with E-state index in [4.69, 9.17) is 4.74 Å². The van der Waals surface area contributed by atoms with E-state index >= 15 is 0 Å². The molecular weight excluding hydrogens is 230 g/mol. The molecule has 18 heavy (non-hydrogen) atoms. The minimum atomic E-state index is -0.193. The van der Waals surface area contributed by atoms with Crippen LogP contribution in [-0.2, 0) is 9.53 Å². The maximum Gasteiger partial charge on any atom is 0.251 e. The molecule has 1 aromatic heterocycles. The third kappa shape index (κ3) is 2.27. The Kier molecular flexibility index (Phi) is 3.32. The summed E-state index contributed by atoms with van der Waals surface area (Å²) in [5.74, 6) is 0.171. The monoisotopic (exact) mass is 249 g/mol. The number of aromatic nitrogens is 2. The molecule has 98 valence electrons. The van der Waals surface area contributed by atoms with Crippen LogP contribution in [-0.4, -0.2) is 46.4 Å². The minimum absolute atomic E-state index is 0.171. The first-order valence-electron chi connectivity index (χ1n) is 6.74. The van der Waals surface area contributed by atoms with Crippen molar-refractivity contribution < 1.29 is 9.53 Å². The van der Waals surface area contributed by atoms with Crippen molar-refractivity contribution in [2.24, 2.45) is 0 Å². The first-order valence-corrected chi connectivity index (χ1v) is 6.74. The smallest absolute Gasteiger partial charge is 0.251 e. The lowest BCUT2D eigenvalue weighted by atomic mass is 10.0. The van der Waals surface area contributed by atoms with E-state index in [1.807, 2.05) is 21.8 Å². The first-order chi connectivity index (χ1) is 8.84. The van der Waals surface area contributed by atoms with Crippen LogP contribution in [0.25, 0.3) is 0 Å². The van der Waals surface area contributed by atoms with Gasteiger partial charge in [-0.1, -0.05) is 0 Å². The van der Waals surface area contributed by atoms with E-state index in [0.29, 0.717) is 6.04 Å². The number of likely N-dealkylation sites (tertiary alicyclic amines) is 1. The molecule has 0 aromatic carbocycles. The molecule has 5 heteroatoms. The van der Waals surface area contributed by atoms with E-state index in [0.717, 1.165) is 45.4 Å². The number of carbonyl (C=O) groups is 1. The Balaban J connectivity index is 1.64. The molecule has 0 aliphatic carbocycles. The highest BCUT2D eigenvalue weighted by Gasteiger charge is 2.31. The van der Waals surface area contributed by atoms with Crippen molar-refractivity contribution in [3.63, 3.8) is 0 Å². The molecule has 2 aliphatic heterocycles. The van der Waals surface area contributed by atoms with Crippen molar-refractivity contribution in [2.45, 2.75) is 37.8 Å². The molecule has 2 saturated heterocycles. The summed E-state index contributed by atoms with van der Waals surface area (Å²) >= 11 is 0.